The third-order valence-electron chi connectivity index (χ3n) is 3.69. The van der Waals surface area contributed by atoms with E-state index in [4.69, 9.17) is 39.5 Å². The standard InChI is InChI=1S/C18H17Cl3N2O3/c1-23(10-15(24)22-16-13(20)8-5-9-14(16)21)17(18(25)26-2)11-6-3-4-7-12(11)19/h3-9,17H,10H2,1-2H3,(H,22,24). The topological polar surface area (TPSA) is 58.6 Å². The summed E-state index contributed by atoms with van der Waals surface area (Å²) in [6.45, 7) is -0.105. The molecule has 1 unspecified atom stereocenters. The molecule has 0 radical (unpaired) electrons. The van der Waals surface area contributed by atoms with E-state index in [0.717, 1.165) is 0 Å². The van der Waals surface area contributed by atoms with Crippen molar-refractivity contribution in [2.75, 3.05) is 26.0 Å². The maximum atomic E-state index is 12.4. The molecule has 1 atom stereocenters. The Morgan fingerprint density at radius 3 is 2.19 bits per heavy atom. The van der Waals surface area contributed by atoms with Crippen LogP contribution in [0.25, 0.3) is 0 Å². The molecule has 0 fully saturated rings. The number of nitrogens with one attached hydrogen (secondary N) is 1. The number of para-hydroxylation sites is 1. The molecule has 26 heavy (non-hydrogen) atoms. The Hall–Kier alpha value is -1.79. The van der Waals surface area contributed by atoms with Gasteiger partial charge in [-0.25, -0.2) is 4.79 Å². The predicted octanol–water partition coefficient (Wildman–Crippen LogP) is 4.43. The lowest BCUT2D eigenvalue weighted by molar-refractivity contribution is -0.147. The highest BCUT2D eigenvalue weighted by Gasteiger charge is 2.29. The van der Waals surface area contributed by atoms with E-state index >= 15 is 0 Å². The van der Waals surface area contributed by atoms with Gasteiger partial charge in [-0.2, -0.15) is 0 Å². The highest BCUT2D eigenvalue weighted by molar-refractivity contribution is 6.39. The average Bonchev–Trinajstić information content (AvgIpc) is 2.60. The minimum absolute atomic E-state index is 0.105. The molecule has 0 bridgehead atoms. The van der Waals surface area contributed by atoms with E-state index in [0.29, 0.717) is 26.3 Å². The first-order valence-corrected chi connectivity index (χ1v) is 8.75. The van der Waals surface area contributed by atoms with Gasteiger partial charge in [0.25, 0.3) is 0 Å². The van der Waals surface area contributed by atoms with Crippen LogP contribution in [-0.2, 0) is 14.3 Å². The summed E-state index contributed by atoms with van der Waals surface area (Å²) in [6, 6.07) is 11.0. The number of carbonyl (C=O) groups is 2. The highest BCUT2D eigenvalue weighted by atomic mass is 35.5. The Kier molecular flexibility index (Phi) is 7.29. The molecule has 2 rings (SSSR count). The van der Waals surface area contributed by atoms with Crippen LogP contribution in [-0.4, -0.2) is 37.5 Å². The molecule has 0 aliphatic heterocycles. The summed E-state index contributed by atoms with van der Waals surface area (Å²) in [6.07, 6.45) is 0. The zero-order chi connectivity index (χ0) is 19.3. The third-order valence-corrected chi connectivity index (χ3v) is 4.66. The molecule has 0 saturated heterocycles. The van der Waals surface area contributed by atoms with Crippen LogP contribution in [0.4, 0.5) is 5.69 Å². The minimum atomic E-state index is -0.832. The summed E-state index contributed by atoms with van der Waals surface area (Å²) in [7, 11) is 2.91. The molecule has 138 valence electrons. The Morgan fingerprint density at radius 1 is 1.04 bits per heavy atom. The van der Waals surface area contributed by atoms with Gasteiger partial charge in [-0.3, -0.25) is 9.69 Å². The number of ether oxygens (including phenoxy) is 1. The number of methoxy groups -OCH3 is 1. The van der Waals surface area contributed by atoms with Crippen molar-refractivity contribution in [3.05, 3.63) is 63.1 Å². The molecular weight excluding hydrogens is 399 g/mol. The lowest BCUT2D eigenvalue weighted by Gasteiger charge is -2.26. The SMILES string of the molecule is COC(=O)C(c1ccccc1Cl)N(C)CC(=O)Nc1c(Cl)cccc1Cl. The molecule has 2 aromatic rings. The van der Waals surface area contributed by atoms with Gasteiger partial charge in [-0.1, -0.05) is 59.1 Å². The van der Waals surface area contributed by atoms with Gasteiger partial charge in [-0.15, -0.1) is 0 Å². The second kappa shape index (κ2) is 9.24. The fraction of sp³-hybridized carbons (Fsp3) is 0.222. The quantitative estimate of drug-likeness (QED) is 0.709. The highest BCUT2D eigenvalue weighted by Crippen LogP contribution is 2.30. The van der Waals surface area contributed by atoms with E-state index in [9.17, 15) is 9.59 Å². The van der Waals surface area contributed by atoms with E-state index < -0.39 is 12.0 Å². The number of anilines is 1. The van der Waals surface area contributed by atoms with Gasteiger partial charge in [0.15, 0.2) is 0 Å². The van der Waals surface area contributed by atoms with Crippen LogP contribution in [0.3, 0.4) is 0 Å². The number of esters is 1. The summed E-state index contributed by atoms with van der Waals surface area (Å²) in [4.78, 5) is 26.2. The lowest BCUT2D eigenvalue weighted by Crippen LogP contribution is -2.37. The zero-order valence-corrected chi connectivity index (χ0v) is 16.4. The Labute approximate surface area is 166 Å². The first-order valence-electron chi connectivity index (χ1n) is 7.61. The average molecular weight is 416 g/mol. The summed E-state index contributed by atoms with van der Waals surface area (Å²) < 4.78 is 4.87. The molecule has 1 amide bonds. The zero-order valence-electron chi connectivity index (χ0n) is 14.1. The van der Waals surface area contributed by atoms with Gasteiger partial charge in [0.05, 0.1) is 29.4 Å². The normalized spacial score (nSPS) is 11.9. The number of halogens is 3. The van der Waals surface area contributed by atoms with Gasteiger partial charge < -0.3 is 10.1 Å². The fourth-order valence-corrected chi connectivity index (χ4v) is 3.20. The predicted molar refractivity (Wildman–Crippen MR) is 104 cm³/mol. The molecule has 0 aliphatic rings. The first kappa shape index (κ1) is 20.5. The largest absolute Gasteiger partial charge is 0.468 e. The van der Waals surface area contributed by atoms with Gasteiger partial charge in [0, 0.05) is 5.02 Å². The molecule has 5 nitrogen and oxygen atoms in total. The minimum Gasteiger partial charge on any atom is -0.468 e. The molecule has 0 spiro atoms. The maximum Gasteiger partial charge on any atom is 0.327 e. The van der Waals surface area contributed by atoms with E-state index in [-0.39, 0.29) is 12.5 Å². The van der Waals surface area contributed by atoms with Crippen LogP contribution < -0.4 is 5.32 Å². The number of amides is 1. The van der Waals surface area contributed by atoms with Crippen LogP contribution in [0, 0.1) is 0 Å². The molecule has 2 aromatic carbocycles. The van der Waals surface area contributed by atoms with Crippen molar-refractivity contribution < 1.29 is 14.3 Å². The van der Waals surface area contributed by atoms with E-state index in [2.05, 4.69) is 5.32 Å². The van der Waals surface area contributed by atoms with E-state index in [1.54, 1.807) is 49.5 Å². The second-order valence-electron chi connectivity index (χ2n) is 5.51. The van der Waals surface area contributed by atoms with Crippen LogP contribution in [0.1, 0.15) is 11.6 Å². The molecule has 8 heteroatoms. The van der Waals surface area contributed by atoms with E-state index in [1.165, 1.54) is 12.0 Å². The molecule has 0 aliphatic carbocycles. The van der Waals surface area contributed by atoms with E-state index in [1.807, 2.05) is 0 Å². The maximum absolute atomic E-state index is 12.4. The van der Waals surface area contributed by atoms with Crippen LogP contribution in [0.5, 0.6) is 0 Å². The summed E-state index contributed by atoms with van der Waals surface area (Å²) in [5.41, 5.74) is 0.869. The number of benzene rings is 2. The summed E-state index contributed by atoms with van der Waals surface area (Å²) in [5.74, 6) is -0.910. The van der Waals surface area contributed by atoms with Crippen molar-refractivity contribution in [3.63, 3.8) is 0 Å². The summed E-state index contributed by atoms with van der Waals surface area (Å²) in [5, 5.41) is 3.71. The molecular formula is C18H17Cl3N2O3. The third kappa shape index (κ3) is 4.89. The van der Waals surface area contributed by atoms with Crippen molar-refractivity contribution in [2.45, 2.75) is 6.04 Å². The molecule has 0 aromatic heterocycles. The Balaban J connectivity index is 2.19. The van der Waals surface area contributed by atoms with Crippen LogP contribution in [0.15, 0.2) is 42.5 Å². The number of hydrogen-bond donors (Lipinski definition) is 1. The van der Waals surface area contributed by atoms with Crippen molar-refractivity contribution in [1.82, 2.24) is 4.90 Å². The lowest BCUT2D eigenvalue weighted by atomic mass is 10.1. The van der Waals surface area contributed by atoms with Crippen LogP contribution >= 0.6 is 34.8 Å². The number of likely N-dealkylation sites (N-methyl/N-ethyl adjacent to an activating group) is 1. The van der Waals surface area contributed by atoms with Crippen molar-refractivity contribution in [2.24, 2.45) is 0 Å². The fourth-order valence-electron chi connectivity index (χ4n) is 2.47. The smallest absolute Gasteiger partial charge is 0.327 e. The Bertz CT molecular complexity index is 794. The van der Waals surface area contributed by atoms with Crippen LogP contribution in [0.2, 0.25) is 15.1 Å². The van der Waals surface area contributed by atoms with Crippen molar-refractivity contribution in [1.29, 1.82) is 0 Å². The van der Waals surface area contributed by atoms with Gasteiger partial charge in [0.2, 0.25) is 5.91 Å². The molecule has 0 saturated carbocycles. The van der Waals surface area contributed by atoms with Gasteiger partial charge >= 0.3 is 5.97 Å². The number of carbonyl (C=O) groups excluding carboxylic acids is 2. The summed E-state index contributed by atoms with van der Waals surface area (Å²) >= 11 is 18.3. The van der Waals surface area contributed by atoms with Gasteiger partial charge in [0.1, 0.15) is 6.04 Å². The van der Waals surface area contributed by atoms with Crippen molar-refractivity contribution >= 4 is 52.4 Å². The number of nitrogens with zero attached hydrogens (tertiary/aromatic N) is 1. The van der Waals surface area contributed by atoms with Crippen molar-refractivity contribution in [3.8, 4) is 0 Å². The van der Waals surface area contributed by atoms with Gasteiger partial charge in [-0.05, 0) is 30.8 Å². The molecule has 0 heterocycles. The second-order valence-corrected chi connectivity index (χ2v) is 6.73. The monoisotopic (exact) mass is 414 g/mol. The first-order chi connectivity index (χ1) is 12.3. The molecule has 1 N–H and O–H groups in total. The Morgan fingerprint density at radius 2 is 1.62 bits per heavy atom. The number of hydrogen-bond acceptors (Lipinski definition) is 4. The number of rotatable bonds is 6.